The summed E-state index contributed by atoms with van der Waals surface area (Å²) in [5.74, 6) is 0.705. The maximum Gasteiger partial charge on any atom is 0.0779 e. The summed E-state index contributed by atoms with van der Waals surface area (Å²) in [4.78, 5) is 2.56. The highest BCUT2D eigenvalue weighted by atomic mass is 16.5. The smallest absolute Gasteiger partial charge is 0.0779 e. The normalized spacial score (nSPS) is 25.4. The summed E-state index contributed by atoms with van der Waals surface area (Å²) in [5.41, 5.74) is 2.73. The van der Waals surface area contributed by atoms with Crippen LogP contribution in [0.25, 0.3) is 0 Å². The molecule has 3 nitrogen and oxygen atoms in total. The molecule has 2 unspecified atom stereocenters. The summed E-state index contributed by atoms with van der Waals surface area (Å²) >= 11 is 0. The number of morpholine rings is 1. The molecule has 0 spiro atoms. The summed E-state index contributed by atoms with van der Waals surface area (Å²) < 4.78 is 5.90. The number of anilines is 1. The van der Waals surface area contributed by atoms with E-state index in [-0.39, 0.29) is 0 Å². The van der Waals surface area contributed by atoms with Crippen LogP contribution in [0.3, 0.4) is 0 Å². The van der Waals surface area contributed by atoms with Gasteiger partial charge in [0.05, 0.1) is 18.8 Å². The largest absolute Gasteiger partial charge is 0.374 e. The molecule has 116 valence electrons. The minimum absolute atomic E-state index is 0.464. The molecule has 1 saturated heterocycles. The fourth-order valence-corrected chi connectivity index (χ4v) is 3.56. The Morgan fingerprint density at radius 3 is 2.81 bits per heavy atom. The number of ether oxygens (including phenoxy) is 1. The van der Waals surface area contributed by atoms with Gasteiger partial charge in [0.15, 0.2) is 0 Å². The van der Waals surface area contributed by atoms with Crippen molar-refractivity contribution in [1.29, 1.82) is 0 Å². The molecule has 1 aromatic rings. The van der Waals surface area contributed by atoms with E-state index >= 15 is 0 Å². The van der Waals surface area contributed by atoms with E-state index in [1.54, 1.807) is 0 Å². The molecule has 3 heteroatoms. The molecule has 2 aliphatic rings. The Hall–Kier alpha value is -1.06. The molecule has 0 amide bonds. The second-order valence-electron chi connectivity index (χ2n) is 6.79. The number of nitrogens with one attached hydrogen (secondary N) is 1. The van der Waals surface area contributed by atoms with Crippen LogP contribution in [0.15, 0.2) is 24.3 Å². The standard InChI is InChI=1S/C18H28N2O/c1-14(2)12-19-13-15-6-8-16(9-7-15)20-10-11-21-18-5-3-4-17(18)20/h6-9,14,17-19H,3-5,10-13H2,1-2H3. The van der Waals surface area contributed by atoms with Crippen molar-refractivity contribution in [2.75, 3.05) is 24.6 Å². The Balaban J connectivity index is 1.61. The number of benzene rings is 1. The summed E-state index contributed by atoms with van der Waals surface area (Å²) in [6, 6.07) is 9.70. The van der Waals surface area contributed by atoms with Crippen LogP contribution in [-0.2, 0) is 11.3 Å². The van der Waals surface area contributed by atoms with Crippen molar-refractivity contribution in [2.45, 2.75) is 51.8 Å². The van der Waals surface area contributed by atoms with Gasteiger partial charge in [-0.15, -0.1) is 0 Å². The minimum Gasteiger partial charge on any atom is -0.374 e. The van der Waals surface area contributed by atoms with Gasteiger partial charge in [0, 0.05) is 18.8 Å². The number of rotatable bonds is 5. The van der Waals surface area contributed by atoms with Crippen molar-refractivity contribution in [2.24, 2.45) is 5.92 Å². The predicted molar refractivity (Wildman–Crippen MR) is 87.7 cm³/mol. The quantitative estimate of drug-likeness (QED) is 0.900. The van der Waals surface area contributed by atoms with E-state index < -0.39 is 0 Å². The van der Waals surface area contributed by atoms with Gasteiger partial charge < -0.3 is 15.0 Å². The van der Waals surface area contributed by atoms with Crippen LogP contribution in [-0.4, -0.2) is 31.8 Å². The molecule has 1 heterocycles. The fraction of sp³-hybridized carbons (Fsp3) is 0.667. The zero-order chi connectivity index (χ0) is 14.7. The molecule has 1 aromatic carbocycles. The first-order chi connectivity index (χ1) is 10.2. The third-order valence-corrected chi connectivity index (χ3v) is 4.63. The number of hydrogen-bond donors (Lipinski definition) is 1. The van der Waals surface area contributed by atoms with Crippen molar-refractivity contribution >= 4 is 5.69 Å². The zero-order valence-electron chi connectivity index (χ0n) is 13.3. The van der Waals surface area contributed by atoms with Crippen LogP contribution >= 0.6 is 0 Å². The third kappa shape index (κ3) is 3.58. The molecule has 1 N–H and O–H groups in total. The van der Waals surface area contributed by atoms with Gasteiger partial charge in [-0.3, -0.25) is 0 Å². The van der Waals surface area contributed by atoms with Crippen molar-refractivity contribution in [3.05, 3.63) is 29.8 Å². The maximum atomic E-state index is 5.90. The Kier molecular flexibility index (Phi) is 4.81. The van der Waals surface area contributed by atoms with Gasteiger partial charge in [-0.05, 0) is 49.4 Å². The number of fused-ring (bicyclic) bond motifs is 1. The van der Waals surface area contributed by atoms with Crippen molar-refractivity contribution in [3.63, 3.8) is 0 Å². The van der Waals surface area contributed by atoms with E-state index in [0.29, 0.717) is 18.1 Å². The van der Waals surface area contributed by atoms with E-state index in [4.69, 9.17) is 4.74 Å². The van der Waals surface area contributed by atoms with Gasteiger partial charge in [0.2, 0.25) is 0 Å². The number of nitrogens with zero attached hydrogens (tertiary/aromatic N) is 1. The third-order valence-electron chi connectivity index (χ3n) is 4.63. The summed E-state index contributed by atoms with van der Waals surface area (Å²) in [5, 5.41) is 3.50. The molecule has 0 radical (unpaired) electrons. The number of hydrogen-bond acceptors (Lipinski definition) is 3. The van der Waals surface area contributed by atoms with Crippen LogP contribution < -0.4 is 10.2 Å². The summed E-state index contributed by atoms with van der Waals surface area (Å²) in [6.45, 7) is 8.44. The van der Waals surface area contributed by atoms with E-state index in [2.05, 4.69) is 48.3 Å². The van der Waals surface area contributed by atoms with Gasteiger partial charge in [-0.25, -0.2) is 0 Å². The monoisotopic (exact) mass is 288 g/mol. The molecule has 2 fully saturated rings. The van der Waals surface area contributed by atoms with Crippen LogP contribution in [0.5, 0.6) is 0 Å². The van der Waals surface area contributed by atoms with Gasteiger partial charge >= 0.3 is 0 Å². The topological polar surface area (TPSA) is 24.5 Å². The molecule has 0 aromatic heterocycles. The van der Waals surface area contributed by atoms with E-state index in [1.807, 2.05) is 0 Å². The van der Waals surface area contributed by atoms with Crippen molar-refractivity contribution in [1.82, 2.24) is 5.32 Å². The predicted octanol–water partition coefficient (Wildman–Crippen LogP) is 3.19. The Labute approximate surface area is 128 Å². The van der Waals surface area contributed by atoms with Gasteiger partial charge in [0.25, 0.3) is 0 Å². The first-order valence-corrected chi connectivity index (χ1v) is 8.42. The van der Waals surface area contributed by atoms with Crippen LogP contribution in [0.1, 0.15) is 38.7 Å². The summed E-state index contributed by atoms with van der Waals surface area (Å²) in [7, 11) is 0. The van der Waals surface area contributed by atoms with Crippen molar-refractivity contribution < 1.29 is 4.74 Å². The lowest BCUT2D eigenvalue weighted by molar-refractivity contribution is 0.0256. The van der Waals surface area contributed by atoms with Crippen LogP contribution in [0, 0.1) is 5.92 Å². The average Bonchev–Trinajstić information content (AvgIpc) is 2.96. The van der Waals surface area contributed by atoms with Crippen LogP contribution in [0.2, 0.25) is 0 Å². The highest BCUT2D eigenvalue weighted by molar-refractivity contribution is 5.49. The molecule has 2 atom stereocenters. The van der Waals surface area contributed by atoms with E-state index in [1.165, 1.54) is 30.5 Å². The lowest BCUT2D eigenvalue weighted by Crippen LogP contribution is -2.48. The first-order valence-electron chi connectivity index (χ1n) is 8.42. The SMILES string of the molecule is CC(C)CNCc1ccc(N2CCOC3CCCC32)cc1. The lowest BCUT2D eigenvalue weighted by Gasteiger charge is -2.39. The lowest BCUT2D eigenvalue weighted by atomic mass is 10.1. The molecular formula is C18H28N2O. The second-order valence-corrected chi connectivity index (χ2v) is 6.79. The van der Waals surface area contributed by atoms with E-state index in [9.17, 15) is 0 Å². The molecule has 3 rings (SSSR count). The average molecular weight is 288 g/mol. The highest BCUT2D eigenvalue weighted by Crippen LogP contribution is 2.33. The molecular weight excluding hydrogens is 260 g/mol. The maximum absolute atomic E-state index is 5.90. The van der Waals surface area contributed by atoms with Gasteiger partial charge in [-0.1, -0.05) is 26.0 Å². The molecule has 21 heavy (non-hydrogen) atoms. The minimum atomic E-state index is 0.464. The van der Waals surface area contributed by atoms with Gasteiger partial charge in [-0.2, -0.15) is 0 Å². The highest BCUT2D eigenvalue weighted by Gasteiger charge is 2.35. The van der Waals surface area contributed by atoms with Crippen LogP contribution in [0.4, 0.5) is 5.69 Å². The van der Waals surface area contributed by atoms with E-state index in [0.717, 1.165) is 26.2 Å². The summed E-state index contributed by atoms with van der Waals surface area (Å²) in [6.07, 6.45) is 4.29. The first kappa shape index (κ1) is 14.9. The second kappa shape index (κ2) is 6.80. The van der Waals surface area contributed by atoms with Crippen molar-refractivity contribution in [3.8, 4) is 0 Å². The molecule has 0 bridgehead atoms. The molecule has 1 aliphatic heterocycles. The Bertz CT molecular complexity index is 443. The molecule has 1 aliphatic carbocycles. The fourth-order valence-electron chi connectivity index (χ4n) is 3.56. The zero-order valence-corrected chi connectivity index (χ0v) is 13.3. The Morgan fingerprint density at radius 2 is 2.05 bits per heavy atom. The van der Waals surface area contributed by atoms with Gasteiger partial charge in [0.1, 0.15) is 0 Å². The molecule has 1 saturated carbocycles. The Morgan fingerprint density at radius 1 is 1.24 bits per heavy atom.